The number of hydrogen-bond acceptors (Lipinski definition) is 7. The Morgan fingerprint density at radius 1 is 0.719 bits per heavy atom. The molecule has 57 heavy (non-hydrogen) atoms. The highest BCUT2D eigenvalue weighted by molar-refractivity contribution is 5.96. The number of amides is 3. The Morgan fingerprint density at radius 3 is 1.95 bits per heavy atom. The molecule has 0 bridgehead atoms. The number of anilines is 2. The Balaban J connectivity index is 1.21. The Hall–Kier alpha value is -5.45. The zero-order valence-electron chi connectivity index (χ0n) is 33.8. The summed E-state index contributed by atoms with van der Waals surface area (Å²) in [6.45, 7) is 11.1. The first-order valence-corrected chi connectivity index (χ1v) is 20.3. The second kappa shape index (κ2) is 20.1. The standard InChI is InChI=1S/C47H58N6O4/c1-4-38-10-12-39(13-11-38)18-23-46(56)53(36-42-16-21-44(22-17-42)51-30-28-50(29-31-51)37(2)55)45(34-40-8-6-5-7-9-40)47(57)52-26-24-49(25-27-52)35-41-14-19-43(20-15-41)48(3)32-33-54/h5-23,45,54H,4,24-36H2,1-3H3/t45-/m0/s1. The van der Waals surface area contributed by atoms with E-state index in [1.807, 2.05) is 70.3 Å². The van der Waals surface area contributed by atoms with Crippen LogP contribution in [0, 0.1) is 0 Å². The van der Waals surface area contributed by atoms with E-state index in [1.165, 1.54) is 11.1 Å². The first-order chi connectivity index (χ1) is 27.7. The van der Waals surface area contributed by atoms with Gasteiger partial charge in [0.2, 0.25) is 17.7 Å². The molecule has 2 aliphatic rings. The predicted octanol–water partition coefficient (Wildman–Crippen LogP) is 5.34. The van der Waals surface area contributed by atoms with Gasteiger partial charge in [0, 0.05) is 110 Å². The molecule has 2 heterocycles. The van der Waals surface area contributed by atoms with Crippen molar-refractivity contribution >= 4 is 35.2 Å². The molecular formula is C47H58N6O4. The van der Waals surface area contributed by atoms with Gasteiger partial charge in [-0.3, -0.25) is 19.3 Å². The number of likely N-dealkylation sites (N-methyl/N-ethyl adjacent to an activating group) is 1. The van der Waals surface area contributed by atoms with Gasteiger partial charge in [-0.15, -0.1) is 0 Å². The summed E-state index contributed by atoms with van der Waals surface area (Å²) < 4.78 is 0. The van der Waals surface area contributed by atoms with Crippen LogP contribution in [0.4, 0.5) is 11.4 Å². The molecule has 2 saturated heterocycles. The van der Waals surface area contributed by atoms with Gasteiger partial charge in [0.05, 0.1) is 6.61 Å². The number of aliphatic hydroxyl groups is 1. The Bertz CT molecular complexity index is 1920. The van der Waals surface area contributed by atoms with Crippen LogP contribution in [0.15, 0.2) is 109 Å². The molecule has 1 N–H and O–H groups in total. The van der Waals surface area contributed by atoms with Crippen LogP contribution in [0.2, 0.25) is 0 Å². The van der Waals surface area contributed by atoms with Gasteiger partial charge in [0.1, 0.15) is 6.04 Å². The van der Waals surface area contributed by atoms with Crippen molar-refractivity contribution in [3.05, 3.63) is 137 Å². The lowest BCUT2D eigenvalue weighted by atomic mass is 10.0. The molecule has 1 atom stereocenters. The Kier molecular flexibility index (Phi) is 14.5. The van der Waals surface area contributed by atoms with Crippen molar-refractivity contribution in [3.63, 3.8) is 0 Å². The molecule has 0 radical (unpaired) electrons. The summed E-state index contributed by atoms with van der Waals surface area (Å²) in [5.41, 5.74) is 7.46. The second-order valence-electron chi connectivity index (χ2n) is 15.2. The van der Waals surface area contributed by atoms with Crippen LogP contribution < -0.4 is 9.80 Å². The molecule has 10 nitrogen and oxygen atoms in total. The molecule has 2 aliphatic heterocycles. The van der Waals surface area contributed by atoms with Crippen LogP contribution in [0.1, 0.15) is 41.7 Å². The number of carbonyl (C=O) groups is 3. The molecule has 4 aromatic carbocycles. The summed E-state index contributed by atoms with van der Waals surface area (Å²) >= 11 is 0. The zero-order chi connectivity index (χ0) is 40.1. The SMILES string of the molecule is CCc1ccc(C=CC(=O)N(Cc2ccc(N3CCN(C(C)=O)CC3)cc2)[C@@H](Cc2ccccc2)C(=O)N2CCN(Cc3ccc(N(C)CCO)cc3)CC2)cc1. The minimum absolute atomic E-state index is 0.0382. The molecule has 0 unspecified atom stereocenters. The summed E-state index contributed by atoms with van der Waals surface area (Å²) in [7, 11) is 1.97. The Labute approximate surface area is 338 Å². The number of aliphatic hydroxyl groups excluding tert-OH is 1. The predicted molar refractivity (Wildman–Crippen MR) is 229 cm³/mol. The molecular weight excluding hydrogens is 713 g/mol. The topological polar surface area (TPSA) is 90.9 Å². The van der Waals surface area contributed by atoms with E-state index in [0.717, 1.165) is 67.2 Å². The molecule has 4 aromatic rings. The number of hydrogen-bond donors (Lipinski definition) is 1. The van der Waals surface area contributed by atoms with Crippen molar-refractivity contribution in [2.75, 3.05) is 82.4 Å². The normalized spacial score (nSPS) is 15.5. The molecule has 300 valence electrons. The van der Waals surface area contributed by atoms with E-state index in [2.05, 4.69) is 77.4 Å². The molecule has 2 fully saturated rings. The number of aryl methyl sites for hydroxylation is 1. The van der Waals surface area contributed by atoms with Gasteiger partial charge in [0.15, 0.2) is 0 Å². The summed E-state index contributed by atoms with van der Waals surface area (Å²) in [6, 6.07) is 34.2. The minimum atomic E-state index is -0.707. The molecule has 6 rings (SSSR count). The van der Waals surface area contributed by atoms with Crippen LogP contribution in [-0.4, -0.2) is 121 Å². The fourth-order valence-corrected chi connectivity index (χ4v) is 7.66. The smallest absolute Gasteiger partial charge is 0.247 e. The van der Waals surface area contributed by atoms with Crippen molar-refractivity contribution in [2.24, 2.45) is 0 Å². The number of nitrogens with zero attached hydrogens (tertiary/aromatic N) is 6. The maximum atomic E-state index is 14.8. The van der Waals surface area contributed by atoms with Crippen molar-refractivity contribution in [2.45, 2.75) is 45.8 Å². The average Bonchev–Trinajstić information content (AvgIpc) is 3.25. The molecule has 0 aliphatic carbocycles. The van der Waals surface area contributed by atoms with E-state index in [9.17, 15) is 19.5 Å². The summed E-state index contributed by atoms with van der Waals surface area (Å²) in [5.74, 6) is -0.141. The van der Waals surface area contributed by atoms with Crippen LogP contribution in [-0.2, 0) is 40.3 Å². The van der Waals surface area contributed by atoms with Crippen LogP contribution >= 0.6 is 0 Å². The summed E-state index contributed by atoms with van der Waals surface area (Å²) in [4.78, 5) is 53.3. The van der Waals surface area contributed by atoms with E-state index in [4.69, 9.17) is 0 Å². The molecule has 3 amide bonds. The van der Waals surface area contributed by atoms with Crippen molar-refractivity contribution in [3.8, 4) is 0 Å². The number of piperazine rings is 2. The third kappa shape index (κ3) is 11.3. The van der Waals surface area contributed by atoms with Crippen molar-refractivity contribution in [1.82, 2.24) is 19.6 Å². The quantitative estimate of drug-likeness (QED) is 0.163. The lowest BCUT2D eigenvalue weighted by Gasteiger charge is -2.39. The third-order valence-electron chi connectivity index (χ3n) is 11.3. The van der Waals surface area contributed by atoms with Gasteiger partial charge in [-0.1, -0.05) is 85.8 Å². The average molecular weight is 771 g/mol. The van der Waals surface area contributed by atoms with Crippen molar-refractivity contribution < 1.29 is 19.5 Å². The highest BCUT2D eigenvalue weighted by Crippen LogP contribution is 2.23. The lowest BCUT2D eigenvalue weighted by Crippen LogP contribution is -2.56. The number of benzene rings is 4. The molecule has 0 spiro atoms. The first-order valence-electron chi connectivity index (χ1n) is 20.3. The van der Waals surface area contributed by atoms with E-state index in [-0.39, 0.29) is 30.9 Å². The highest BCUT2D eigenvalue weighted by atomic mass is 16.3. The van der Waals surface area contributed by atoms with Gasteiger partial charge in [-0.05, 0) is 64.6 Å². The van der Waals surface area contributed by atoms with Crippen LogP contribution in [0.3, 0.4) is 0 Å². The maximum absolute atomic E-state index is 14.8. The van der Waals surface area contributed by atoms with E-state index >= 15 is 0 Å². The zero-order valence-corrected chi connectivity index (χ0v) is 33.8. The van der Waals surface area contributed by atoms with Gasteiger partial charge in [0.25, 0.3) is 0 Å². The van der Waals surface area contributed by atoms with Gasteiger partial charge < -0.3 is 29.6 Å². The fourth-order valence-electron chi connectivity index (χ4n) is 7.66. The van der Waals surface area contributed by atoms with Crippen molar-refractivity contribution in [1.29, 1.82) is 0 Å². The third-order valence-corrected chi connectivity index (χ3v) is 11.3. The highest BCUT2D eigenvalue weighted by Gasteiger charge is 2.34. The van der Waals surface area contributed by atoms with Gasteiger partial charge >= 0.3 is 0 Å². The fraction of sp³-hybridized carbons (Fsp3) is 0.383. The van der Waals surface area contributed by atoms with E-state index < -0.39 is 6.04 Å². The summed E-state index contributed by atoms with van der Waals surface area (Å²) in [5, 5.41) is 9.30. The van der Waals surface area contributed by atoms with E-state index in [1.54, 1.807) is 17.9 Å². The van der Waals surface area contributed by atoms with Crippen LogP contribution in [0.25, 0.3) is 6.08 Å². The molecule has 0 aromatic heterocycles. The number of carbonyl (C=O) groups excluding carboxylic acids is 3. The monoisotopic (exact) mass is 770 g/mol. The minimum Gasteiger partial charge on any atom is -0.395 e. The first kappa shape index (κ1) is 41.2. The Morgan fingerprint density at radius 2 is 1.33 bits per heavy atom. The van der Waals surface area contributed by atoms with Gasteiger partial charge in [-0.25, -0.2) is 0 Å². The lowest BCUT2D eigenvalue weighted by molar-refractivity contribution is -0.145. The molecule has 0 saturated carbocycles. The second-order valence-corrected chi connectivity index (χ2v) is 15.2. The number of rotatable bonds is 15. The largest absolute Gasteiger partial charge is 0.395 e. The van der Waals surface area contributed by atoms with E-state index in [0.29, 0.717) is 39.1 Å². The molecule has 10 heteroatoms. The van der Waals surface area contributed by atoms with Gasteiger partial charge in [-0.2, -0.15) is 0 Å². The maximum Gasteiger partial charge on any atom is 0.247 e. The van der Waals surface area contributed by atoms with Crippen LogP contribution in [0.5, 0.6) is 0 Å². The summed E-state index contributed by atoms with van der Waals surface area (Å²) in [6.07, 6.45) is 4.80.